The number of carbonyl (C=O) groups is 1. The van der Waals surface area contributed by atoms with Gasteiger partial charge in [-0.25, -0.2) is 14.5 Å². The standard InChI is InChI=1S/C16H21N5O2/c1-11-17-12(2)21(19-11)9-13-4-3-5-14(8-13)18-16(23)20-7-6-15(22)10-20/h3-5,8,15,22H,6-7,9-10H2,1-2H3,(H,18,23)/t15-/m0/s1. The minimum absolute atomic E-state index is 0.175. The number of aromatic nitrogens is 3. The minimum Gasteiger partial charge on any atom is -0.391 e. The quantitative estimate of drug-likeness (QED) is 0.900. The van der Waals surface area contributed by atoms with Crippen LogP contribution in [0.1, 0.15) is 23.6 Å². The molecule has 3 rings (SSSR count). The molecule has 0 bridgehead atoms. The average Bonchev–Trinajstić information content (AvgIpc) is 3.05. The smallest absolute Gasteiger partial charge is 0.321 e. The first-order chi connectivity index (χ1) is 11.0. The second-order valence-corrected chi connectivity index (χ2v) is 5.88. The van der Waals surface area contributed by atoms with Crippen LogP contribution in [0.4, 0.5) is 10.5 Å². The van der Waals surface area contributed by atoms with Gasteiger partial charge in [-0.2, -0.15) is 5.10 Å². The number of anilines is 1. The Morgan fingerprint density at radius 3 is 2.91 bits per heavy atom. The Hall–Kier alpha value is -2.41. The van der Waals surface area contributed by atoms with E-state index < -0.39 is 6.10 Å². The Kier molecular flexibility index (Phi) is 4.29. The Labute approximate surface area is 134 Å². The van der Waals surface area contributed by atoms with Gasteiger partial charge < -0.3 is 15.3 Å². The number of rotatable bonds is 3. The molecular formula is C16H21N5O2. The Bertz CT molecular complexity index is 712. The van der Waals surface area contributed by atoms with Crippen molar-refractivity contribution < 1.29 is 9.90 Å². The van der Waals surface area contributed by atoms with Gasteiger partial charge in [0.05, 0.1) is 12.6 Å². The van der Waals surface area contributed by atoms with Crippen molar-refractivity contribution >= 4 is 11.7 Å². The first-order valence-electron chi connectivity index (χ1n) is 7.72. The number of hydrogen-bond donors (Lipinski definition) is 2. The van der Waals surface area contributed by atoms with Crippen molar-refractivity contribution in [3.63, 3.8) is 0 Å². The van der Waals surface area contributed by atoms with E-state index in [4.69, 9.17) is 0 Å². The molecule has 0 radical (unpaired) electrons. The first-order valence-corrected chi connectivity index (χ1v) is 7.72. The number of benzene rings is 1. The molecule has 1 aromatic carbocycles. The molecule has 7 nitrogen and oxygen atoms in total. The molecule has 0 spiro atoms. The number of β-amino-alcohol motifs (C(OH)–C–C–N with tert-alkyl or cyclic N) is 1. The third-order valence-corrected chi connectivity index (χ3v) is 3.92. The molecule has 1 aliphatic rings. The van der Waals surface area contributed by atoms with E-state index in [2.05, 4.69) is 15.4 Å². The molecule has 1 aliphatic heterocycles. The van der Waals surface area contributed by atoms with Crippen LogP contribution in [0.5, 0.6) is 0 Å². The Balaban J connectivity index is 1.67. The number of nitrogens with zero attached hydrogens (tertiary/aromatic N) is 4. The Morgan fingerprint density at radius 1 is 1.43 bits per heavy atom. The molecule has 2 aromatic rings. The van der Waals surface area contributed by atoms with Crippen LogP contribution in [0.3, 0.4) is 0 Å². The van der Waals surface area contributed by atoms with Crippen molar-refractivity contribution in [1.82, 2.24) is 19.7 Å². The molecule has 1 saturated heterocycles. The lowest BCUT2D eigenvalue weighted by atomic mass is 10.2. The van der Waals surface area contributed by atoms with Gasteiger partial charge in [0.15, 0.2) is 0 Å². The van der Waals surface area contributed by atoms with Crippen molar-refractivity contribution in [3.05, 3.63) is 41.5 Å². The minimum atomic E-state index is -0.411. The van der Waals surface area contributed by atoms with Gasteiger partial charge in [-0.3, -0.25) is 0 Å². The zero-order chi connectivity index (χ0) is 16.4. The maximum Gasteiger partial charge on any atom is 0.321 e. The van der Waals surface area contributed by atoms with Gasteiger partial charge in [0.1, 0.15) is 11.6 Å². The molecule has 1 fully saturated rings. The molecule has 1 atom stereocenters. The van der Waals surface area contributed by atoms with Crippen molar-refractivity contribution in [1.29, 1.82) is 0 Å². The summed E-state index contributed by atoms with van der Waals surface area (Å²) in [5, 5.41) is 16.7. The Morgan fingerprint density at radius 2 is 2.26 bits per heavy atom. The van der Waals surface area contributed by atoms with E-state index in [1.807, 2.05) is 42.8 Å². The largest absolute Gasteiger partial charge is 0.391 e. The highest BCUT2D eigenvalue weighted by Crippen LogP contribution is 2.15. The highest BCUT2D eigenvalue weighted by molar-refractivity contribution is 5.89. The van der Waals surface area contributed by atoms with E-state index in [1.165, 1.54) is 0 Å². The van der Waals surface area contributed by atoms with Crippen molar-refractivity contribution in [2.24, 2.45) is 0 Å². The highest BCUT2D eigenvalue weighted by atomic mass is 16.3. The average molecular weight is 315 g/mol. The summed E-state index contributed by atoms with van der Waals surface area (Å²) in [7, 11) is 0. The van der Waals surface area contributed by atoms with Crippen molar-refractivity contribution in [3.8, 4) is 0 Å². The lowest BCUT2D eigenvalue weighted by Gasteiger charge is -2.16. The lowest BCUT2D eigenvalue weighted by molar-refractivity contribution is 0.176. The van der Waals surface area contributed by atoms with Crippen LogP contribution in [-0.4, -0.2) is 50.0 Å². The number of likely N-dealkylation sites (tertiary alicyclic amines) is 1. The summed E-state index contributed by atoms with van der Waals surface area (Å²) in [6.07, 6.45) is 0.226. The van der Waals surface area contributed by atoms with Crippen molar-refractivity contribution in [2.45, 2.75) is 32.9 Å². The first kappa shape index (κ1) is 15.5. The summed E-state index contributed by atoms with van der Waals surface area (Å²) in [5.74, 6) is 1.61. The van der Waals surface area contributed by atoms with E-state index in [0.29, 0.717) is 26.1 Å². The summed E-state index contributed by atoms with van der Waals surface area (Å²) >= 11 is 0. The van der Waals surface area contributed by atoms with Gasteiger partial charge >= 0.3 is 6.03 Å². The molecule has 2 N–H and O–H groups in total. The summed E-state index contributed by atoms with van der Waals surface area (Å²) in [5.41, 5.74) is 1.78. The molecule has 2 heterocycles. The van der Waals surface area contributed by atoms with Gasteiger partial charge in [-0.1, -0.05) is 12.1 Å². The molecule has 0 unspecified atom stereocenters. The van der Waals surface area contributed by atoms with Crippen LogP contribution < -0.4 is 5.32 Å². The van der Waals surface area contributed by atoms with Crippen LogP contribution >= 0.6 is 0 Å². The molecule has 0 saturated carbocycles. The topological polar surface area (TPSA) is 83.3 Å². The zero-order valence-corrected chi connectivity index (χ0v) is 13.4. The fourth-order valence-electron chi connectivity index (χ4n) is 2.76. The number of carbonyl (C=O) groups excluding carboxylic acids is 1. The van der Waals surface area contributed by atoms with Crippen molar-refractivity contribution in [2.75, 3.05) is 18.4 Å². The van der Waals surface area contributed by atoms with Gasteiger partial charge in [-0.15, -0.1) is 0 Å². The van der Waals surface area contributed by atoms with Crippen LogP contribution in [0.2, 0.25) is 0 Å². The van der Waals surface area contributed by atoms with Crippen LogP contribution in [-0.2, 0) is 6.54 Å². The number of aliphatic hydroxyl groups excluding tert-OH is 1. The fraction of sp³-hybridized carbons (Fsp3) is 0.438. The third kappa shape index (κ3) is 3.68. The molecule has 1 aromatic heterocycles. The predicted octanol–water partition coefficient (Wildman–Crippen LogP) is 1.54. The van der Waals surface area contributed by atoms with Crippen LogP contribution in [0.15, 0.2) is 24.3 Å². The lowest BCUT2D eigenvalue weighted by Crippen LogP contribution is -2.33. The number of urea groups is 1. The number of aliphatic hydroxyl groups is 1. The van der Waals surface area contributed by atoms with E-state index in [9.17, 15) is 9.90 Å². The molecule has 122 valence electrons. The fourth-order valence-corrected chi connectivity index (χ4v) is 2.76. The van der Waals surface area contributed by atoms with Gasteiger partial charge in [-0.05, 0) is 38.0 Å². The maximum absolute atomic E-state index is 12.2. The second kappa shape index (κ2) is 6.37. The molecule has 7 heteroatoms. The summed E-state index contributed by atoms with van der Waals surface area (Å²) < 4.78 is 1.84. The van der Waals surface area contributed by atoms with E-state index in [-0.39, 0.29) is 6.03 Å². The normalized spacial score (nSPS) is 17.5. The molecule has 0 aliphatic carbocycles. The van der Waals surface area contributed by atoms with Crippen LogP contribution in [0.25, 0.3) is 0 Å². The molecule has 2 amide bonds. The van der Waals surface area contributed by atoms with Gasteiger partial charge in [0.25, 0.3) is 0 Å². The van der Waals surface area contributed by atoms with Crippen LogP contribution in [0, 0.1) is 13.8 Å². The number of hydrogen-bond acceptors (Lipinski definition) is 4. The molecule has 23 heavy (non-hydrogen) atoms. The SMILES string of the molecule is Cc1nc(C)n(Cc2cccc(NC(=O)N3CC[C@H](O)C3)c2)n1. The summed E-state index contributed by atoms with van der Waals surface area (Å²) in [6.45, 7) is 5.38. The van der Waals surface area contributed by atoms with E-state index in [0.717, 1.165) is 22.9 Å². The van der Waals surface area contributed by atoms with Gasteiger partial charge in [0, 0.05) is 18.8 Å². The number of nitrogens with one attached hydrogen (secondary N) is 1. The van der Waals surface area contributed by atoms with E-state index >= 15 is 0 Å². The highest BCUT2D eigenvalue weighted by Gasteiger charge is 2.24. The molecular weight excluding hydrogens is 294 g/mol. The monoisotopic (exact) mass is 315 g/mol. The number of aryl methyl sites for hydroxylation is 2. The summed E-state index contributed by atoms with van der Waals surface area (Å²) in [6, 6.07) is 7.51. The summed E-state index contributed by atoms with van der Waals surface area (Å²) in [4.78, 5) is 18.1. The third-order valence-electron chi connectivity index (χ3n) is 3.92. The number of amides is 2. The van der Waals surface area contributed by atoms with E-state index in [1.54, 1.807) is 4.90 Å². The van der Waals surface area contributed by atoms with Gasteiger partial charge in [0.2, 0.25) is 0 Å². The zero-order valence-electron chi connectivity index (χ0n) is 13.4. The second-order valence-electron chi connectivity index (χ2n) is 5.88. The predicted molar refractivity (Wildman–Crippen MR) is 86.3 cm³/mol. The maximum atomic E-state index is 12.2.